The summed E-state index contributed by atoms with van der Waals surface area (Å²) in [5.74, 6) is 0.592. The van der Waals surface area contributed by atoms with Crippen LogP contribution in [0.25, 0.3) is 0 Å². The van der Waals surface area contributed by atoms with E-state index in [1.54, 1.807) is 0 Å². The predicted octanol–water partition coefficient (Wildman–Crippen LogP) is 5.13. The summed E-state index contributed by atoms with van der Waals surface area (Å²) in [4.78, 5) is 1.46. The van der Waals surface area contributed by atoms with Gasteiger partial charge in [-0.2, -0.15) is 0 Å². The summed E-state index contributed by atoms with van der Waals surface area (Å²) >= 11 is 1.87. The second kappa shape index (κ2) is 7.05. The first kappa shape index (κ1) is 15.3. The van der Waals surface area contributed by atoms with E-state index in [4.69, 9.17) is 0 Å². The standard InChI is InChI=1S/C18H25NS/c1-5-14-11-12-20-18(14)17(19-6-2)16-9-7-15(8-10-16)13(3)4/h7-13,17,19H,5-6H2,1-4H3. The molecule has 0 aliphatic heterocycles. The van der Waals surface area contributed by atoms with Gasteiger partial charge in [-0.1, -0.05) is 52.0 Å². The highest BCUT2D eigenvalue weighted by atomic mass is 32.1. The zero-order chi connectivity index (χ0) is 14.5. The Labute approximate surface area is 127 Å². The monoisotopic (exact) mass is 287 g/mol. The van der Waals surface area contributed by atoms with E-state index in [0.717, 1.165) is 13.0 Å². The average Bonchev–Trinajstić information content (AvgIpc) is 2.93. The van der Waals surface area contributed by atoms with Crippen molar-refractivity contribution >= 4 is 11.3 Å². The minimum Gasteiger partial charge on any atom is -0.306 e. The van der Waals surface area contributed by atoms with Crippen LogP contribution in [-0.4, -0.2) is 6.54 Å². The van der Waals surface area contributed by atoms with Crippen molar-refractivity contribution in [2.24, 2.45) is 0 Å². The number of thiophene rings is 1. The van der Waals surface area contributed by atoms with Crippen LogP contribution in [0.3, 0.4) is 0 Å². The fourth-order valence-electron chi connectivity index (χ4n) is 2.53. The number of aryl methyl sites for hydroxylation is 1. The lowest BCUT2D eigenvalue weighted by Crippen LogP contribution is -2.22. The molecule has 0 spiro atoms. The largest absolute Gasteiger partial charge is 0.306 e. The molecule has 1 unspecified atom stereocenters. The van der Waals surface area contributed by atoms with Crippen LogP contribution in [0.4, 0.5) is 0 Å². The number of rotatable bonds is 6. The number of hydrogen-bond donors (Lipinski definition) is 1. The Morgan fingerprint density at radius 1 is 1.00 bits per heavy atom. The van der Waals surface area contributed by atoms with Crippen molar-refractivity contribution < 1.29 is 0 Å². The average molecular weight is 287 g/mol. The van der Waals surface area contributed by atoms with Gasteiger partial charge < -0.3 is 5.32 Å². The summed E-state index contributed by atoms with van der Waals surface area (Å²) in [7, 11) is 0. The smallest absolute Gasteiger partial charge is 0.0673 e. The van der Waals surface area contributed by atoms with Gasteiger partial charge in [0, 0.05) is 4.88 Å². The van der Waals surface area contributed by atoms with Crippen LogP contribution in [0.1, 0.15) is 61.2 Å². The number of hydrogen-bond acceptors (Lipinski definition) is 2. The molecule has 0 fully saturated rings. The van der Waals surface area contributed by atoms with Crippen molar-refractivity contribution in [3.63, 3.8) is 0 Å². The van der Waals surface area contributed by atoms with Gasteiger partial charge in [-0.25, -0.2) is 0 Å². The third kappa shape index (κ3) is 3.31. The van der Waals surface area contributed by atoms with Crippen molar-refractivity contribution in [2.75, 3.05) is 6.54 Å². The van der Waals surface area contributed by atoms with E-state index in [1.165, 1.54) is 21.6 Å². The van der Waals surface area contributed by atoms with Gasteiger partial charge >= 0.3 is 0 Å². The molecular weight excluding hydrogens is 262 g/mol. The highest BCUT2D eigenvalue weighted by molar-refractivity contribution is 7.10. The van der Waals surface area contributed by atoms with Crippen molar-refractivity contribution in [1.29, 1.82) is 0 Å². The molecule has 2 heteroatoms. The SMILES string of the molecule is CCNC(c1ccc(C(C)C)cc1)c1sccc1CC. The van der Waals surface area contributed by atoms with E-state index in [9.17, 15) is 0 Å². The normalized spacial score (nSPS) is 12.8. The molecule has 1 heterocycles. The molecule has 0 amide bonds. The first-order valence-electron chi connectivity index (χ1n) is 7.56. The van der Waals surface area contributed by atoms with Gasteiger partial charge in [0.1, 0.15) is 0 Å². The van der Waals surface area contributed by atoms with E-state index in [0.29, 0.717) is 12.0 Å². The van der Waals surface area contributed by atoms with Gasteiger partial charge in [-0.15, -0.1) is 11.3 Å². The van der Waals surface area contributed by atoms with Crippen LogP contribution < -0.4 is 5.32 Å². The molecule has 2 aromatic rings. The highest BCUT2D eigenvalue weighted by Crippen LogP contribution is 2.31. The van der Waals surface area contributed by atoms with Gasteiger partial charge in [0.2, 0.25) is 0 Å². The molecule has 0 bridgehead atoms. The minimum atomic E-state index is 0.330. The molecule has 0 saturated carbocycles. The summed E-state index contributed by atoms with van der Waals surface area (Å²) in [5, 5.41) is 5.84. The molecule has 1 N–H and O–H groups in total. The van der Waals surface area contributed by atoms with Gasteiger partial charge in [0.15, 0.2) is 0 Å². The maximum atomic E-state index is 3.64. The van der Waals surface area contributed by atoms with E-state index >= 15 is 0 Å². The second-order valence-electron chi connectivity index (χ2n) is 5.48. The fourth-order valence-corrected chi connectivity index (χ4v) is 3.63. The Morgan fingerprint density at radius 3 is 2.20 bits per heavy atom. The Bertz CT molecular complexity index is 525. The van der Waals surface area contributed by atoms with Crippen molar-refractivity contribution in [2.45, 2.75) is 46.1 Å². The van der Waals surface area contributed by atoms with E-state index in [-0.39, 0.29) is 0 Å². The lowest BCUT2D eigenvalue weighted by Gasteiger charge is -2.19. The van der Waals surface area contributed by atoms with Crippen LogP contribution >= 0.6 is 11.3 Å². The van der Waals surface area contributed by atoms with E-state index < -0.39 is 0 Å². The molecular formula is C18H25NS. The van der Waals surface area contributed by atoms with Crippen molar-refractivity contribution in [3.05, 3.63) is 57.3 Å². The van der Waals surface area contributed by atoms with Gasteiger partial charge in [0.05, 0.1) is 6.04 Å². The van der Waals surface area contributed by atoms with Gasteiger partial charge in [-0.3, -0.25) is 0 Å². The van der Waals surface area contributed by atoms with Gasteiger partial charge in [-0.05, 0) is 47.0 Å². The Morgan fingerprint density at radius 2 is 1.65 bits per heavy atom. The molecule has 0 saturated heterocycles. The van der Waals surface area contributed by atoms with Crippen molar-refractivity contribution in [3.8, 4) is 0 Å². The number of nitrogens with one attached hydrogen (secondary N) is 1. The van der Waals surface area contributed by atoms with Crippen LogP contribution in [0, 0.1) is 0 Å². The predicted molar refractivity (Wildman–Crippen MR) is 89.7 cm³/mol. The zero-order valence-electron chi connectivity index (χ0n) is 12.9. The first-order valence-corrected chi connectivity index (χ1v) is 8.44. The van der Waals surface area contributed by atoms with E-state index in [2.05, 4.69) is 68.7 Å². The lowest BCUT2D eigenvalue weighted by molar-refractivity contribution is 0.635. The molecule has 1 nitrogen and oxygen atoms in total. The molecule has 108 valence electrons. The van der Waals surface area contributed by atoms with Crippen LogP contribution in [-0.2, 0) is 6.42 Å². The molecule has 2 rings (SSSR count). The minimum absolute atomic E-state index is 0.330. The first-order chi connectivity index (χ1) is 9.67. The maximum absolute atomic E-state index is 3.64. The topological polar surface area (TPSA) is 12.0 Å². The molecule has 0 aliphatic carbocycles. The van der Waals surface area contributed by atoms with Crippen LogP contribution in [0.5, 0.6) is 0 Å². The van der Waals surface area contributed by atoms with E-state index in [1.807, 2.05) is 11.3 Å². The quantitative estimate of drug-likeness (QED) is 0.776. The molecule has 1 aromatic carbocycles. The maximum Gasteiger partial charge on any atom is 0.0673 e. The van der Waals surface area contributed by atoms with Crippen LogP contribution in [0.2, 0.25) is 0 Å². The summed E-state index contributed by atoms with van der Waals surface area (Å²) in [6.45, 7) is 9.87. The van der Waals surface area contributed by atoms with Crippen molar-refractivity contribution in [1.82, 2.24) is 5.32 Å². The Kier molecular flexibility index (Phi) is 5.38. The molecule has 1 aromatic heterocycles. The third-order valence-corrected chi connectivity index (χ3v) is 4.79. The second-order valence-corrected chi connectivity index (χ2v) is 6.42. The summed E-state index contributed by atoms with van der Waals surface area (Å²) < 4.78 is 0. The molecule has 20 heavy (non-hydrogen) atoms. The number of benzene rings is 1. The lowest BCUT2D eigenvalue weighted by atomic mass is 9.97. The summed E-state index contributed by atoms with van der Waals surface area (Å²) in [5.41, 5.74) is 4.24. The fraction of sp³-hybridized carbons (Fsp3) is 0.444. The third-order valence-electron chi connectivity index (χ3n) is 3.77. The molecule has 1 atom stereocenters. The molecule has 0 radical (unpaired) electrons. The highest BCUT2D eigenvalue weighted by Gasteiger charge is 2.17. The summed E-state index contributed by atoms with van der Waals surface area (Å²) in [6.07, 6.45) is 1.10. The summed E-state index contributed by atoms with van der Waals surface area (Å²) in [6, 6.07) is 11.7. The Hall–Kier alpha value is -1.12. The molecule has 0 aliphatic rings. The van der Waals surface area contributed by atoms with Gasteiger partial charge in [0.25, 0.3) is 0 Å². The zero-order valence-corrected chi connectivity index (χ0v) is 13.8. The Balaban J connectivity index is 2.33. The van der Waals surface area contributed by atoms with Crippen LogP contribution in [0.15, 0.2) is 35.7 Å².